The molecule has 0 aromatic heterocycles. The van der Waals surface area contributed by atoms with Crippen LogP contribution in [0.5, 0.6) is 0 Å². The van der Waals surface area contributed by atoms with E-state index in [1.807, 2.05) is 0 Å². The van der Waals surface area contributed by atoms with Crippen molar-refractivity contribution in [2.75, 3.05) is 13.2 Å². The Bertz CT molecular complexity index is 456. The van der Waals surface area contributed by atoms with Gasteiger partial charge in [0.1, 0.15) is 0 Å². The SMILES string of the molecule is CCCCCCCCCCCCCCCCCCOC1CCCC(CCCOC2CCCCCC2)CC1. The van der Waals surface area contributed by atoms with Crippen molar-refractivity contribution in [3.63, 3.8) is 0 Å². The molecule has 2 fully saturated rings. The van der Waals surface area contributed by atoms with Gasteiger partial charge in [-0.25, -0.2) is 0 Å². The fraction of sp³-hybridized carbons (Fsp3) is 1.00. The molecule has 2 rings (SSSR count). The molecule has 2 aliphatic carbocycles. The van der Waals surface area contributed by atoms with E-state index < -0.39 is 0 Å². The van der Waals surface area contributed by atoms with Gasteiger partial charge in [-0.1, -0.05) is 142 Å². The largest absolute Gasteiger partial charge is 0.378 e. The molecule has 37 heavy (non-hydrogen) atoms. The van der Waals surface area contributed by atoms with Crippen LogP contribution in [0, 0.1) is 5.92 Å². The van der Waals surface area contributed by atoms with Crippen LogP contribution < -0.4 is 0 Å². The van der Waals surface area contributed by atoms with Gasteiger partial charge in [0.05, 0.1) is 12.2 Å². The van der Waals surface area contributed by atoms with Crippen LogP contribution in [0.15, 0.2) is 0 Å². The topological polar surface area (TPSA) is 18.5 Å². The van der Waals surface area contributed by atoms with Gasteiger partial charge >= 0.3 is 0 Å². The number of hydrogen-bond acceptors (Lipinski definition) is 2. The van der Waals surface area contributed by atoms with Crippen molar-refractivity contribution in [2.45, 2.75) is 205 Å². The van der Waals surface area contributed by atoms with E-state index in [-0.39, 0.29) is 0 Å². The molecule has 0 amide bonds. The van der Waals surface area contributed by atoms with Gasteiger partial charge in [-0.15, -0.1) is 0 Å². The molecular weight excluding hydrogens is 452 g/mol. The second kappa shape index (κ2) is 24.9. The van der Waals surface area contributed by atoms with Crippen molar-refractivity contribution in [2.24, 2.45) is 5.92 Å². The molecule has 0 spiro atoms. The molecule has 0 bridgehead atoms. The van der Waals surface area contributed by atoms with Crippen LogP contribution in [0.4, 0.5) is 0 Å². The third-order valence-corrected chi connectivity index (χ3v) is 9.30. The summed E-state index contributed by atoms with van der Waals surface area (Å²) in [5.41, 5.74) is 0. The van der Waals surface area contributed by atoms with E-state index >= 15 is 0 Å². The van der Waals surface area contributed by atoms with Crippen LogP contribution in [0.3, 0.4) is 0 Å². The smallest absolute Gasteiger partial charge is 0.0575 e. The first-order valence-corrected chi connectivity index (χ1v) is 17.6. The summed E-state index contributed by atoms with van der Waals surface area (Å²) in [6, 6.07) is 0. The number of ether oxygens (including phenoxy) is 2. The minimum absolute atomic E-state index is 0.545. The fourth-order valence-corrected chi connectivity index (χ4v) is 6.73. The summed E-state index contributed by atoms with van der Waals surface area (Å²) in [6.07, 6.45) is 41.7. The standard InChI is InChI=1S/C35H68O2/c1-2-3-4-5-6-7-8-9-10-11-12-13-14-15-18-21-31-36-35-28-22-24-33(29-30-35)25-23-32-37-34-26-19-16-17-20-27-34/h33-35H,2-32H2,1H3. The Morgan fingerprint density at radius 1 is 0.405 bits per heavy atom. The third kappa shape index (κ3) is 19.6. The molecule has 0 aromatic carbocycles. The highest BCUT2D eigenvalue weighted by atomic mass is 16.5. The van der Waals surface area contributed by atoms with Crippen molar-refractivity contribution in [3.8, 4) is 0 Å². The Labute approximate surface area is 233 Å². The maximum Gasteiger partial charge on any atom is 0.0575 e. The molecule has 2 saturated carbocycles. The second-order valence-electron chi connectivity index (χ2n) is 12.8. The van der Waals surface area contributed by atoms with Crippen molar-refractivity contribution in [3.05, 3.63) is 0 Å². The summed E-state index contributed by atoms with van der Waals surface area (Å²) in [5, 5.41) is 0. The summed E-state index contributed by atoms with van der Waals surface area (Å²) >= 11 is 0. The van der Waals surface area contributed by atoms with E-state index in [1.165, 1.54) is 186 Å². The number of unbranched alkanes of at least 4 members (excludes halogenated alkanes) is 15. The van der Waals surface area contributed by atoms with Gasteiger partial charge in [0.25, 0.3) is 0 Å². The van der Waals surface area contributed by atoms with Gasteiger partial charge in [0, 0.05) is 13.2 Å². The first-order valence-electron chi connectivity index (χ1n) is 17.6. The van der Waals surface area contributed by atoms with Crippen molar-refractivity contribution in [1.29, 1.82) is 0 Å². The lowest BCUT2D eigenvalue weighted by molar-refractivity contribution is 0.0365. The van der Waals surface area contributed by atoms with Crippen LogP contribution in [0.1, 0.15) is 193 Å². The number of rotatable bonds is 23. The lowest BCUT2D eigenvalue weighted by Gasteiger charge is -2.18. The lowest BCUT2D eigenvalue weighted by atomic mass is 9.95. The molecule has 0 radical (unpaired) electrons. The van der Waals surface area contributed by atoms with Crippen LogP contribution in [-0.4, -0.2) is 25.4 Å². The van der Waals surface area contributed by atoms with Crippen molar-refractivity contribution < 1.29 is 9.47 Å². The zero-order chi connectivity index (χ0) is 26.1. The van der Waals surface area contributed by atoms with Crippen molar-refractivity contribution >= 4 is 0 Å². The van der Waals surface area contributed by atoms with Crippen LogP contribution in [-0.2, 0) is 9.47 Å². The molecule has 0 aromatic rings. The molecular formula is C35H68O2. The minimum atomic E-state index is 0.545. The Balaban J connectivity index is 1.30. The molecule has 2 unspecified atom stereocenters. The van der Waals surface area contributed by atoms with Gasteiger partial charge in [-0.3, -0.25) is 0 Å². The number of hydrogen-bond donors (Lipinski definition) is 0. The fourth-order valence-electron chi connectivity index (χ4n) is 6.73. The molecule has 2 atom stereocenters. The average Bonchev–Trinajstić information content (AvgIpc) is 3.31. The van der Waals surface area contributed by atoms with Crippen LogP contribution >= 0.6 is 0 Å². The predicted molar refractivity (Wildman–Crippen MR) is 163 cm³/mol. The highest BCUT2D eigenvalue weighted by Crippen LogP contribution is 2.29. The second-order valence-corrected chi connectivity index (χ2v) is 12.8. The predicted octanol–water partition coefficient (Wildman–Crippen LogP) is 11.7. The van der Waals surface area contributed by atoms with E-state index in [0.29, 0.717) is 12.2 Å². The Morgan fingerprint density at radius 3 is 1.43 bits per heavy atom. The quantitative estimate of drug-likeness (QED) is 0.0984. The minimum Gasteiger partial charge on any atom is -0.378 e. The highest BCUT2D eigenvalue weighted by Gasteiger charge is 2.19. The molecule has 0 heterocycles. The maximum atomic E-state index is 6.32. The first-order chi connectivity index (χ1) is 18.4. The zero-order valence-electron chi connectivity index (χ0n) is 25.5. The Kier molecular flexibility index (Phi) is 22.3. The highest BCUT2D eigenvalue weighted by molar-refractivity contribution is 4.71. The molecule has 2 nitrogen and oxygen atoms in total. The zero-order valence-corrected chi connectivity index (χ0v) is 25.5. The van der Waals surface area contributed by atoms with E-state index in [4.69, 9.17) is 9.47 Å². The monoisotopic (exact) mass is 521 g/mol. The summed E-state index contributed by atoms with van der Waals surface area (Å²) < 4.78 is 12.5. The van der Waals surface area contributed by atoms with E-state index in [9.17, 15) is 0 Å². The van der Waals surface area contributed by atoms with E-state index in [1.54, 1.807) is 0 Å². The van der Waals surface area contributed by atoms with Gasteiger partial charge in [-0.05, 0) is 57.3 Å². The maximum absolute atomic E-state index is 6.32. The summed E-state index contributed by atoms with van der Waals surface area (Å²) in [5.74, 6) is 0.918. The molecule has 0 N–H and O–H groups in total. The van der Waals surface area contributed by atoms with Crippen molar-refractivity contribution in [1.82, 2.24) is 0 Å². The molecule has 220 valence electrons. The summed E-state index contributed by atoms with van der Waals surface area (Å²) in [7, 11) is 0. The van der Waals surface area contributed by atoms with Crippen LogP contribution in [0.2, 0.25) is 0 Å². The third-order valence-electron chi connectivity index (χ3n) is 9.30. The Hall–Kier alpha value is -0.0800. The molecule has 0 saturated heterocycles. The van der Waals surface area contributed by atoms with Gasteiger partial charge in [0.2, 0.25) is 0 Å². The molecule has 2 aliphatic rings. The lowest BCUT2D eigenvalue weighted by Crippen LogP contribution is -2.14. The van der Waals surface area contributed by atoms with Gasteiger partial charge in [0.15, 0.2) is 0 Å². The van der Waals surface area contributed by atoms with E-state index in [2.05, 4.69) is 6.92 Å². The average molecular weight is 521 g/mol. The first kappa shape index (κ1) is 33.1. The summed E-state index contributed by atoms with van der Waals surface area (Å²) in [4.78, 5) is 0. The van der Waals surface area contributed by atoms with Gasteiger partial charge < -0.3 is 9.47 Å². The van der Waals surface area contributed by atoms with Crippen LogP contribution in [0.25, 0.3) is 0 Å². The molecule has 2 heteroatoms. The Morgan fingerprint density at radius 2 is 0.865 bits per heavy atom. The van der Waals surface area contributed by atoms with E-state index in [0.717, 1.165) is 19.1 Å². The normalized spacial score (nSPS) is 21.6. The summed E-state index contributed by atoms with van der Waals surface area (Å²) in [6.45, 7) is 4.31. The van der Waals surface area contributed by atoms with Gasteiger partial charge in [-0.2, -0.15) is 0 Å². The molecule has 0 aliphatic heterocycles.